The van der Waals surface area contributed by atoms with Crippen LogP contribution in [0.3, 0.4) is 0 Å². The van der Waals surface area contributed by atoms with Gasteiger partial charge in [0.25, 0.3) is 0 Å². The first-order valence-electron chi connectivity index (χ1n) is 4.92. The summed E-state index contributed by atoms with van der Waals surface area (Å²) in [5.41, 5.74) is 12.1. The molecule has 0 saturated carbocycles. The molecule has 0 aliphatic rings. The highest BCUT2D eigenvalue weighted by Gasteiger charge is 2.13. The monoisotopic (exact) mass is 220 g/mol. The van der Waals surface area contributed by atoms with Gasteiger partial charge in [0.15, 0.2) is 11.7 Å². The maximum atomic E-state index is 11.4. The fraction of sp³-hybridized carbons (Fsp3) is 0.273. The zero-order valence-corrected chi connectivity index (χ0v) is 9.40. The van der Waals surface area contributed by atoms with Crippen LogP contribution in [0.5, 0.6) is 0 Å². The lowest BCUT2D eigenvalue weighted by Gasteiger charge is -2.13. The average Bonchev–Trinajstić information content (AvgIpc) is 2.17. The highest BCUT2D eigenvalue weighted by atomic mass is 16.1. The van der Waals surface area contributed by atoms with Crippen LogP contribution in [0.4, 0.5) is 5.69 Å². The molecule has 1 atom stereocenters. The summed E-state index contributed by atoms with van der Waals surface area (Å²) in [7, 11) is 1.74. The lowest BCUT2D eigenvalue weighted by molar-refractivity contribution is -0.119. The molecule has 1 unspecified atom stereocenters. The molecular weight excluding hydrogens is 204 g/mol. The minimum atomic E-state index is -0.325. The summed E-state index contributed by atoms with van der Waals surface area (Å²) >= 11 is 0. The maximum absolute atomic E-state index is 11.4. The first-order chi connectivity index (χ1) is 7.54. The molecule has 0 bridgehead atoms. The molecule has 0 aliphatic heterocycles. The summed E-state index contributed by atoms with van der Waals surface area (Å²) < 4.78 is 0. The van der Waals surface area contributed by atoms with Crippen molar-refractivity contribution in [2.45, 2.75) is 13.0 Å². The lowest BCUT2D eigenvalue weighted by Crippen LogP contribution is -2.23. The zero-order chi connectivity index (χ0) is 12.1. The standard InChI is InChI=1S/C11H16N4O/c1-7(16)10(14-2)8-4-3-5-9(6-8)15-11(12)13/h3-6,10,14H,1-2H3,(H4,12,13,15). The molecule has 0 aromatic heterocycles. The van der Waals surface area contributed by atoms with Crippen molar-refractivity contribution in [1.29, 1.82) is 0 Å². The normalized spacial score (nSPS) is 11.9. The molecule has 86 valence electrons. The number of hydrogen-bond acceptors (Lipinski definition) is 3. The van der Waals surface area contributed by atoms with Gasteiger partial charge in [-0.2, -0.15) is 0 Å². The average molecular weight is 220 g/mol. The molecular formula is C11H16N4O. The number of Topliss-reactive ketones (excluding diaryl/α,β-unsaturated/α-hetero) is 1. The number of aliphatic imine (C=N–C) groups is 1. The molecule has 0 spiro atoms. The molecule has 0 saturated heterocycles. The van der Waals surface area contributed by atoms with Crippen molar-refractivity contribution in [1.82, 2.24) is 5.32 Å². The third-order valence-corrected chi connectivity index (χ3v) is 2.16. The predicted molar refractivity (Wildman–Crippen MR) is 64.4 cm³/mol. The molecule has 1 aromatic carbocycles. The van der Waals surface area contributed by atoms with Gasteiger partial charge in [-0.25, -0.2) is 4.99 Å². The van der Waals surface area contributed by atoms with Crippen LogP contribution in [0.1, 0.15) is 18.5 Å². The van der Waals surface area contributed by atoms with E-state index in [0.29, 0.717) is 5.69 Å². The van der Waals surface area contributed by atoms with E-state index in [1.165, 1.54) is 6.92 Å². The number of ketones is 1. The van der Waals surface area contributed by atoms with Gasteiger partial charge in [-0.3, -0.25) is 4.79 Å². The van der Waals surface area contributed by atoms with Gasteiger partial charge in [0.1, 0.15) is 0 Å². The highest BCUT2D eigenvalue weighted by Crippen LogP contribution is 2.20. The Balaban J connectivity index is 3.06. The first kappa shape index (κ1) is 12.2. The van der Waals surface area contributed by atoms with Gasteiger partial charge in [-0.15, -0.1) is 0 Å². The Kier molecular flexibility index (Phi) is 4.02. The van der Waals surface area contributed by atoms with Crippen LogP contribution < -0.4 is 16.8 Å². The van der Waals surface area contributed by atoms with Crippen LogP contribution >= 0.6 is 0 Å². The Hall–Kier alpha value is -1.88. The molecule has 5 heteroatoms. The van der Waals surface area contributed by atoms with Crippen LogP contribution in [0, 0.1) is 0 Å². The van der Waals surface area contributed by atoms with Crippen molar-refractivity contribution in [3.8, 4) is 0 Å². The molecule has 1 rings (SSSR count). The summed E-state index contributed by atoms with van der Waals surface area (Å²) in [5.74, 6) is 0.0466. The molecule has 5 nitrogen and oxygen atoms in total. The molecule has 5 N–H and O–H groups in total. The number of carbonyl (C=O) groups is 1. The number of benzene rings is 1. The SMILES string of the molecule is CNC(C(C)=O)c1cccc(N=C(N)N)c1. The van der Waals surface area contributed by atoms with Gasteiger partial charge in [0.2, 0.25) is 0 Å². The van der Waals surface area contributed by atoms with E-state index < -0.39 is 0 Å². The lowest BCUT2D eigenvalue weighted by atomic mass is 10.0. The minimum absolute atomic E-state index is 0.000910. The van der Waals surface area contributed by atoms with Gasteiger partial charge in [-0.05, 0) is 31.7 Å². The van der Waals surface area contributed by atoms with E-state index in [2.05, 4.69) is 10.3 Å². The highest BCUT2D eigenvalue weighted by molar-refractivity contribution is 5.83. The van der Waals surface area contributed by atoms with Crippen LogP contribution in [-0.2, 0) is 4.79 Å². The summed E-state index contributed by atoms with van der Waals surface area (Å²) in [4.78, 5) is 15.3. The van der Waals surface area contributed by atoms with Crippen molar-refractivity contribution in [3.05, 3.63) is 29.8 Å². The second-order valence-corrected chi connectivity index (χ2v) is 3.46. The zero-order valence-electron chi connectivity index (χ0n) is 9.40. The predicted octanol–water partition coefficient (Wildman–Crippen LogP) is 0.441. The largest absolute Gasteiger partial charge is 0.370 e. The molecule has 0 radical (unpaired) electrons. The molecule has 0 heterocycles. The van der Waals surface area contributed by atoms with Gasteiger partial charge < -0.3 is 16.8 Å². The summed E-state index contributed by atoms with van der Waals surface area (Å²) in [6, 6.07) is 6.89. The maximum Gasteiger partial charge on any atom is 0.191 e. The molecule has 1 aromatic rings. The number of likely N-dealkylation sites (N-methyl/N-ethyl adjacent to an activating group) is 1. The number of nitrogens with one attached hydrogen (secondary N) is 1. The fourth-order valence-electron chi connectivity index (χ4n) is 1.53. The van der Waals surface area contributed by atoms with Gasteiger partial charge in [0.05, 0.1) is 11.7 Å². The van der Waals surface area contributed by atoms with Crippen LogP contribution in [0.2, 0.25) is 0 Å². The number of nitrogens with two attached hydrogens (primary N) is 2. The van der Waals surface area contributed by atoms with Crippen molar-refractivity contribution in [2.24, 2.45) is 16.5 Å². The van der Waals surface area contributed by atoms with E-state index in [-0.39, 0.29) is 17.8 Å². The number of rotatable bonds is 4. The molecule has 16 heavy (non-hydrogen) atoms. The summed E-state index contributed by atoms with van der Waals surface area (Å²) in [6.07, 6.45) is 0. The van der Waals surface area contributed by atoms with Gasteiger partial charge in [-0.1, -0.05) is 12.1 Å². The Morgan fingerprint density at radius 3 is 2.62 bits per heavy atom. The minimum Gasteiger partial charge on any atom is -0.370 e. The van der Waals surface area contributed by atoms with Crippen molar-refractivity contribution in [2.75, 3.05) is 7.05 Å². The Morgan fingerprint density at radius 1 is 1.44 bits per heavy atom. The van der Waals surface area contributed by atoms with Crippen LogP contribution in [0.25, 0.3) is 0 Å². The smallest absolute Gasteiger partial charge is 0.191 e. The topological polar surface area (TPSA) is 93.5 Å². The van der Waals surface area contributed by atoms with Crippen molar-refractivity contribution >= 4 is 17.4 Å². The first-order valence-corrected chi connectivity index (χ1v) is 4.92. The van der Waals surface area contributed by atoms with Gasteiger partial charge in [0, 0.05) is 0 Å². The third kappa shape index (κ3) is 3.06. The number of hydrogen-bond donors (Lipinski definition) is 3. The summed E-state index contributed by atoms with van der Waals surface area (Å²) in [6.45, 7) is 1.54. The van der Waals surface area contributed by atoms with E-state index in [1.54, 1.807) is 19.2 Å². The van der Waals surface area contributed by atoms with Crippen LogP contribution in [0.15, 0.2) is 29.3 Å². The molecule has 0 fully saturated rings. The number of nitrogens with zero attached hydrogens (tertiary/aromatic N) is 1. The molecule has 0 aliphatic carbocycles. The Morgan fingerprint density at radius 2 is 2.12 bits per heavy atom. The van der Waals surface area contributed by atoms with E-state index in [0.717, 1.165) is 5.56 Å². The van der Waals surface area contributed by atoms with Gasteiger partial charge >= 0.3 is 0 Å². The van der Waals surface area contributed by atoms with Crippen molar-refractivity contribution in [3.63, 3.8) is 0 Å². The fourth-order valence-corrected chi connectivity index (χ4v) is 1.53. The summed E-state index contributed by atoms with van der Waals surface area (Å²) in [5, 5.41) is 2.94. The Labute approximate surface area is 94.5 Å². The second kappa shape index (κ2) is 5.27. The van der Waals surface area contributed by atoms with E-state index >= 15 is 0 Å². The quantitative estimate of drug-likeness (QED) is 0.507. The van der Waals surface area contributed by atoms with Crippen LogP contribution in [-0.4, -0.2) is 18.8 Å². The number of carbonyl (C=O) groups excluding carboxylic acids is 1. The van der Waals surface area contributed by atoms with Crippen molar-refractivity contribution < 1.29 is 4.79 Å². The number of guanidine groups is 1. The molecule has 0 amide bonds. The van der Waals surface area contributed by atoms with E-state index in [4.69, 9.17) is 11.5 Å². The second-order valence-electron chi connectivity index (χ2n) is 3.46. The third-order valence-electron chi connectivity index (χ3n) is 2.16. The Bertz CT molecular complexity index is 410. The van der Waals surface area contributed by atoms with E-state index in [9.17, 15) is 4.79 Å². The van der Waals surface area contributed by atoms with E-state index in [1.807, 2.05) is 12.1 Å².